The maximum absolute atomic E-state index is 12.7. The number of nitrogens with zero attached hydrogens (tertiary/aromatic N) is 4. The summed E-state index contributed by atoms with van der Waals surface area (Å²) in [4.78, 5) is 35.6. The van der Waals surface area contributed by atoms with Gasteiger partial charge in [-0.3, -0.25) is 19.1 Å². The van der Waals surface area contributed by atoms with Crippen LogP contribution in [0.5, 0.6) is 5.75 Å². The van der Waals surface area contributed by atoms with E-state index in [1.54, 1.807) is 60.5 Å². The lowest BCUT2D eigenvalue weighted by Crippen LogP contribution is -2.29. The third-order valence-electron chi connectivity index (χ3n) is 4.57. The number of hydrogen-bond donors (Lipinski definition) is 0. The first-order valence-electron chi connectivity index (χ1n) is 8.60. The van der Waals surface area contributed by atoms with Gasteiger partial charge in [-0.05, 0) is 24.3 Å². The summed E-state index contributed by atoms with van der Waals surface area (Å²) in [5, 5.41) is 0. The van der Waals surface area contributed by atoms with Gasteiger partial charge in [-0.25, -0.2) is 4.98 Å². The third kappa shape index (κ3) is 3.31. The van der Waals surface area contributed by atoms with Crippen LogP contribution < -0.4 is 15.2 Å². The Hall–Kier alpha value is -3.48. The molecule has 0 unspecified atom stereocenters. The van der Waals surface area contributed by atoms with Crippen LogP contribution in [0.25, 0.3) is 11.3 Å². The number of ether oxygens (including phenoxy) is 1. The van der Waals surface area contributed by atoms with Gasteiger partial charge >= 0.3 is 0 Å². The van der Waals surface area contributed by atoms with E-state index in [1.807, 2.05) is 4.90 Å². The molecule has 1 aliphatic rings. The highest BCUT2D eigenvalue weighted by molar-refractivity contribution is 5.99. The van der Waals surface area contributed by atoms with Gasteiger partial charge in [0.1, 0.15) is 5.75 Å². The van der Waals surface area contributed by atoms with Crippen LogP contribution in [0.3, 0.4) is 0 Å². The minimum atomic E-state index is -0.122. The molecule has 0 atom stereocenters. The van der Waals surface area contributed by atoms with Crippen LogP contribution in [-0.4, -0.2) is 40.5 Å². The monoisotopic (exact) mass is 362 g/mol. The fraction of sp³-hybridized carbons (Fsp3) is 0.200. The summed E-state index contributed by atoms with van der Waals surface area (Å²) in [6.07, 6.45) is 3.32. The average molecular weight is 362 g/mol. The largest absolute Gasteiger partial charge is 0.497 e. The van der Waals surface area contributed by atoms with E-state index in [4.69, 9.17) is 4.74 Å². The number of fused-ring (bicyclic) bond motifs is 1. The second kappa shape index (κ2) is 7.03. The number of anilines is 1. The van der Waals surface area contributed by atoms with Crippen molar-refractivity contribution in [2.24, 2.45) is 0 Å². The van der Waals surface area contributed by atoms with Gasteiger partial charge in [0.25, 0.3) is 5.56 Å². The molecule has 0 radical (unpaired) electrons. The number of aromatic nitrogens is 3. The molecule has 1 aromatic carbocycles. The zero-order valence-corrected chi connectivity index (χ0v) is 14.8. The summed E-state index contributed by atoms with van der Waals surface area (Å²) >= 11 is 0. The summed E-state index contributed by atoms with van der Waals surface area (Å²) in [5.41, 5.74) is 1.84. The van der Waals surface area contributed by atoms with Crippen molar-refractivity contribution in [2.45, 2.75) is 6.54 Å². The smallest absolute Gasteiger partial charge is 0.255 e. The minimum absolute atomic E-state index is 0.0501. The van der Waals surface area contributed by atoms with Crippen molar-refractivity contribution in [3.8, 4) is 17.0 Å². The molecule has 7 nitrogen and oxygen atoms in total. The Labute approximate surface area is 155 Å². The van der Waals surface area contributed by atoms with E-state index >= 15 is 0 Å². The van der Waals surface area contributed by atoms with Gasteiger partial charge in [0.2, 0.25) is 5.95 Å². The number of Topliss-reactive ketones (excluding diaryl/α,β-unsaturated/α-hetero) is 1. The lowest BCUT2D eigenvalue weighted by Gasteiger charge is -2.17. The molecule has 136 valence electrons. The summed E-state index contributed by atoms with van der Waals surface area (Å²) in [6.45, 7) is 1.24. The number of carbonyl (C=O) groups is 1. The van der Waals surface area contributed by atoms with E-state index in [1.165, 1.54) is 6.07 Å². The minimum Gasteiger partial charge on any atom is -0.497 e. The normalized spacial score (nSPS) is 12.7. The number of hydrogen-bond acceptors (Lipinski definition) is 6. The lowest BCUT2D eigenvalue weighted by molar-refractivity contribution is 0.0999. The van der Waals surface area contributed by atoms with E-state index in [0.717, 1.165) is 5.56 Å². The van der Waals surface area contributed by atoms with Crippen molar-refractivity contribution >= 4 is 11.7 Å². The average Bonchev–Trinajstić information content (AvgIpc) is 3.12. The van der Waals surface area contributed by atoms with Gasteiger partial charge in [0.05, 0.1) is 19.3 Å². The Morgan fingerprint density at radius 2 is 1.96 bits per heavy atom. The summed E-state index contributed by atoms with van der Waals surface area (Å²) in [5.74, 6) is 1.11. The van der Waals surface area contributed by atoms with Crippen LogP contribution >= 0.6 is 0 Å². The maximum atomic E-state index is 12.7. The Balaban J connectivity index is 1.63. The molecule has 0 saturated heterocycles. The molecule has 0 saturated carbocycles. The number of methoxy groups -OCH3 is 1. The molecule has 0 amide bonds. The standard InChI is InChI=1S/C20H18N4O3/c1-27-16-4-2-3-15(11-16)18(25)13-23-9-10-24-19(26)12-17(22-20(23)24)14-5-7-21-8-6-14/h2-8,11-12H,9-10,13H2,1H3. The molecule has 7 heteroatoms. The molecule has 2 aromatic heterocycles. The Morgan fingerprint density at radius 3 is 2.74 bits per heavy atom. The van der Waals surface area contributed by atoms with Gasteiger partial charge in [-0.15, -0.1) is 0 Å². The summed E-state index contributed by atoms with van der Waals surface area (Å²) in [7, 11) is 1.57. The number of carbonyl (C=O) groups excluding carboxylic acids is 1. The van der Waals surface area contributed by atoms with Gasteiger partial charge < -0.3 is 9.64 Å². The highest BCUT2D eigenvalue weighted by Gasteiger charge is 2.25. The van der Waals surface area contributed by atoms with Gasteiger partial charge in [-0.1, -0.05) is 12.1 Å². The molecule has 0 aliphatic carbocycles. The van der Waals surface area contributed by atoms with Crippen molar-refractivity contribution in [3.63, 3.8) is 0 Å². The first kappa shape index (κ1) is 17.0. The predicted molar refractivity (Wildman–Crippen MR) is 101 cm³/mol. The molecule has 0 fully saturated rings. The molecular formula is C20H18N4O3. The highest BCUT2D eigenvalue weighted by Crippen LogP contribution is 2.22. The van der Waals surface area contributed by atoms with E-state index in [-0.39, 0.29) is 17.9 Å². The fourth-order valence-corrected chi connectivity index (χ4v) is 3.15. The number of rotatable bonds is 5. The van der Waals surface area contributed by atoms with Crippen LogP contribution in [0.15, 0.2) is 59.7 Å². The molecule has 0 spiro atoms. The van der Waals surface area contributed by atoms with E-state index in [0.29, 0.717) is 36.0 Å². The van der Waals surface area contributed by atoms with Crippen LogP contribution in [0.1, 0.15) is 10.4 Å². The molecule has 27 heavy (non-hydrogen) atoms. The van der Waals surface area contributed by atoms with Gasteiger partial charge in [0.15, 0.2) is 5.78 Å². The van der Waals surface area contributed by atoms with Crippen LogP contribution in [0, 0.1) is 0 Å². The molecule has 3 heterocycles. The second-order valence-corrected chi connectivity index (χ2v) is 6.24. The molecule has 3 aromatic rings. The summed E-state index contributed by atoms with van der Waals surface area (Å²) < 4.78 is 6.78. The molecule has 1 aliphatic heterocycles. The lowest BCUT2D eigenvalue weighted by atomic mass is 10.1. The predicted octanol–water partition coefficient (Wildman–Crippen LogP) is 2.02. The van der Waals surface area contributed by atoms with Gasteiger partial charge in [0, 0.05) is 42.7 Å². The van der Waals surface area contributed by atoms with Crippen LogP contribution in [0.2, 0.25) is 0 Å². The highest BCUT2D eigenvalue weighted by atomic mass is 16.5. The third-order valence-corrected chi connectivity index (χ3v) is 4.57. The number of pyridine rings is 1. The quantitative estimate of drug-likeness (QED) is 0.646. The number of ketones is 1. The van der Waals surface area contributed by atoms with Crippen LogP contribution in [0.4, 0.5) is 5.95 Å². The molecule has 0 N–H and O–H groups in total. The van der Waals surface area contributed by atoms with Crippen molar-refractivity contribution in [1.29, 1.82) is 0 Å². The zero-order valence-electron chi connectivity index (χ0n) is 14.8. The Bertz CT molecular complexity index is 1050. The molecular weight excluding hydrogens is 344 g/mol. The summed E-state index contributed by atoms with van der Waals surface area (Å²) in [6, 6.07) is 12.2. The van der Waals surface area contributed by atoms with Crippen molar-refractivity contribution in [1.82, 2.24) is 14.5 Å². The zero-order chi connectivity index (χ0) is 18.8. The topological polar surface area (TPSA) is 77.3 Å². The van der Waals surface area contributed by atoms with Gasteiger partial charge in [-0.2, -0.15) is 0 Å². The first-order chi connectivity index (χ1) is 13.2. The van der Waals surface area contributed by atoms with Crippen LogP contribution in [-0.2, 0) is 6.54 Å². The van der Waals surface area contributed by atoms with E-state index < -0.39 is 0 Å². The maximum Gasteiger partial charge on any atom is 0.255 e. The fourth-order valence-electron chi connectivity index (χ4n) is 3.15. The molecule has 4 rings (SSSR count). The van der Waals surface area contributed by atoms with Crippen molar-refractivity contribution in [2.75, 3.05) is 25.1 Å². The number of benzene rings is 1. The van der Waals surface area contributed by atoms with Crippen molar-refractivity contribution < 1.29 is 9.53 Å². The Morgan fingerprint density at radius 1 is 1.15 bits per heavy atom. The van der Waals surface area contributed by atoms with E-state index in [2.05, 4.69) is 9.97 Å². The van der Waals surface area contributed by atoms with Crippen molar-refractivity contribution in [3.05, 3.63) is 70.8 Å². The van der Waals surface area contributed by atoms with E-state index in [9.17, 15) is 9.59 Å². The second-order valence-electron chi connectivity index (χ2n) is 6.24. The molecule has 0 bridgehead atoms. The Kier molecular flexibility index (Phi) is 4.42. The first-order valence-corrected chi connectivity index (χ1v) is 8.60. The SMILES string of the molecule is COc1cccc(C(=O)CN2CCn3c2nc(-c2ccncc2)cc3=O)c1.